The van der Waals surface area contributed by atoms with Gasteiger partial charge in [0, 0.05) is 51.6 Å². The van der Waals surface area contributed by atoms with Crippen molar-refractivity contribution in [3.05, 3.63) is 97.2 Å². The molecule has 0 amide bonds. The average Bonchev–Trinajstić information content (AvgIpc) is 3.59. The summed E-state index contributed by atoms with van der Waals surface area (Å²) in [6, 6.07) is 0. The predicted molar refractivity (Wildman–Crippen MR) is 164 cm³/mol. The first-order valence-electron chi connectivity index (χ1n) is 13.8. The molecule has 0 saturated heterocycles. The minimum absolute atomic E-state index is 0.0270. The largest absolute Gasteiger partial charge is 0.481 e. The van der Waals surface area contributed by atoms with Gasteiger partial charge >= 0.3 is 11.9 Å². The van der Waals surface area contributed by atoms with E-state index in [0.29, 0.717) is 30.3 Å². The Hall–Kier alpha value is -5.05. The molecule has 216 valence electrons. The Bertz CT molecular complexity index is 1890. The Morgan fingerprint density at radius 2 is 1.48 bits per heavy atom. The number of rotatable bonds is 8. The molecule has 9 heteroatoms. The van der Waals surface area contributed by atoms with Crippen molar-refractivity contribution in [2.24, 2.45) is 4.99 Å². The number of H-pyrrole nitrogens is 3. The third-order valence-corrected chi connectivity index (χ3v) is 8.07. The third-order valence-electron chi connectivity index (χ3n) is 8.07. The quantitative estimate of drug-likeness (QED) is 0.271. The van der Waals surface area contributed by atoms with Gasteiger partial charge in [-0.3, -0.25) is 9.59 Å². The Balaban J connectivity index is 1.85. The van der Waals surface area contributed by atoms with E-state index in [4.69, 9.17) is 9.73 Å². The molecule has 5 rings (SSSR count). The Labute approximate surface area is 243 Å². The van der Waals surface area contributed by atoms with Crippen LogP contribution in [0.4, 0.5) is 0 Å². The molecule has 3 aromatic heterocycles. The lowest BCUT2D eigenvalue weighted by molar-refractivity contribution is -0.138. The first kappa shape index (κ1) is 28.5. The molecule has 2 aliphatic rings. The number of carboxylic acids is 2. The summed E-state index contributed by atoms with van der Waals surface area (Å²) in [6.45, 7) is 15.8. The summed E-state index contributed by atoms with van der Waals surface area (Å²) in [6.07, 6.45) is 9.94. The summed E-state index contributed by atoms with van der Waals surface area (Å²) >= 11 is 0. The van der Waals surface area contributed by atoms with Gasteiger partial charge in [0.05, 0.1) is 11.4 Å². The molecule has 0 fully saturated rings. The highest BCUT2D eigenvalue weighted by atomic mass is 16.5. The minimum Gasteiger partial charge on any atom is -0.481 e. The van der Waals surface area contributed by atoms with Crippen LogP contribution in [0.5, 0.6) is 5.88 Å². The van der Waals surface area contributed by atoms with Crippen LogP contribution in [0, 0.1) is 20.8 Å². The summed E-state index contributed by atoms with van der Waals surface area (Å²) in [5.41, 5.74) is 10.0. The number of fused-ring (bicyclic) bond motifs is 7. The molecule has 0 radical (unpaired) electrons. The number of hydrogen-bond acceptors (Lipinski definition) is 4. The predicted octanol–water partition coefficient (Wildman–Crippen LogP) is 4.58. The van der Waals surface area contributed by atoms with Crippen LogP contribution < -0.4 is 15.4 Å². The van der Waals surface area contributed by atoms with Crippen LogP contribution in [0.2, 0.25) is 0 Å². The molecule has 0 atom stereocenters. The smallest absolute Gasteiger partial charge is 0.303 e. The van der Waals surface area contributed by atoms with Crippen molar-refractivity contribution < 1.29 is 24.5 Å². The number of aromatic nitrogens is 3. The van der Waals surface area contributed by atoms with Gasteiger partial charge < -0.3 is 29.9 Å². The van der Waals surface area contributed by atoms with E-state index in [9.17, 15) is 19.8 Å². The monoisotopic (exact) mass is 566 g/mol. The fourth-order valence-corrected chi connectivity index (χ4v) is 5.62. The van der Waals surface area contributed by atoms with Crippen molar-refractivity contribution in [3.8, 4) is 5.88 Å². The van der Waals surface area contributed by atoms with E-state index in [-0.39, 0.29) is 12.8 Å². The summed E-state index contributed by atoms with van der Waals surface area (Å²) in [7, 11) is 0. The first-order chi connectivity index (χ1) is 20.0. The van der Waals surface area contributed by atoms with Gasteiger partial charge in [0.2, 0.25) is 11.8 Å². The topological polar surface area (TPSA) is 144 Å². The lowest BCUT2D eigenvalue weighted by atomic mass is 10.0. The Kier molecular flexibility index (Phi) is 7.51. The van der Waals surface area contributed by atoms with E-state index in [1.165, 1.54) is 0 Å². The fraction of sp³-hybridized carbons (Fsp3) is 0.242. The molecule has 0 unspecified atom stereocenters. The molecule has 9 nitrogen and oxygen atoms in total. The highest BCUT2D eigenvalue weighted by molar-refractivity contribution is 6.03. The average molecular weight is 567 g/mol. The van der Waals surface area contributed by atoms with Crippen LogP contribution in [0.1, 0.15) is 70.2 Å². The maximum atomic E-state index is 11.5. The molecule has 0 aromatic carbocycles. The number of aliphatic carboxylic acids is 2. The zero-order valence-electron chi connectivity index (χ0n) is 24.2. The number of carboxylic acid groups (broad SMARTS) is 2. The zero-order valence-corrected chi connectivity index (χ0v) is 24.2. The number of hydrogen-bond donors (Lipinski definition) is 5. The Morgan fingerprint density at radius 1 is 0.810 bits per heavy atom. The van der Waals surface area contributed by atoms with E-state index >= 15 is 0 Å². The molecule has 2 aliphatic heterocycles. The van der Waals surface area contributed by atoms with Gasteiger partial charge in [-0.2, -0.15) is 0 Å². The van der Waals surface area contributed by atoms with Crippen molar-refractivity contribution in [3.63, 3.8) is 0 Å². The van der Waals surface area contributed by atoms with Gasteiger partial charge in [0.25, 0.3) is 0 Å². The molecule has 0 spiro atoms. The summed E-state index contributed by atoms with van der Waals surface area (Å²) in [5, 5.41) is 20.5. The van der Waals surface area contributed by atoms with E-state index < -0.39 is 11.9 Å². The molecule has 5 N–H and O–H groups in total. The molecule has 0 saturated carbocycles. The summed E-state index contributed by atoms with van der Waals surface area (Å²) in [4.78, 5) is 38.2. The number of carbonyl (C=O) groups is 2. The molecule has 8 bridgehead atoms. The fourth-order valence-electron chi connectivity index (χ4n) is 5.62. The van der Waals surface area contributed by atoms with Crippen molar-refractivity contribution in [1.82, 2.24) is 15.0 Å². The van der Waals surface area contributed by atoms with Crippen molar-refractivity contribution in [1.29, 1.82) is 0 Å². The Morgan fingerprint density at radius 3 is 2.12 bits per heavy atom. The molecule has 3 aromatic rings. The van der Waals surface area contributed by atoms with Crippen LogP contribution in [0.25, 0.3) is 24.3 Å². The molecular formula is C33H34N4O5. The summed E-state index contributed by atoms with van der Waals surface area (Å²) < 4.78 is 6.34. The first-order valence-corrected chi connectivity index (χ1v) is 13.8. The van der Waals surface area contributed by atoms with Gasteiger partial charge in [-0.15, -0.1) is 0 Å². The van der Waals surface area contributed by atoms with Crippen molar-refractivity contribution in [2.45, 2.75) is 53.4 Å². The van der Waals surface area contributed by atoms with Gasteiger partial charge in [-0.25, -0.2) is 4.99 Å². The van der Waals surface area contributed by atoms with Crippen molar-refractivity contribution in [2.75, 3.05) is 0 Å². The van der Waals surface area contributed by atoms with Gasteiger partial charge in [0.15, 0.2) is 0 Å². The molecule has 0 aliphatic carbocycles. The second kappa shape index (κ2) is 11.1. The van der Waals surface area contributed by atoms with Gasteiger partial charge in [-0.05, 0) is 86.6 Å². The van der Waals surface area contributed by atoms with Crippen LogP contribution in [0.3, 0.4) is 0 Å². The van der Waals surface area contributed by atoms with Crippen LogP contribution in [-0.2, 0) is 22.4 Å². The van der Waals surface area contributed by atoms with Crippen LogP contribution >= 0.6 is 0 Å². The maximum Gasteiger partial charge on any atom is 0.303 e. The van der Waals surface area contributed by atoms with Gasteiger partial charge in [0.1, 0.15) is 0 Å². The number of nitrogens with zero attached hydrogens (tertiary/aromatic N) is 1. The number of ether oxygens (including phenoxy) is 1. The minimum atomic E-state index is -0.885. The third kappa shape index (κ3) is 5.09. The second-order valence-corrected chi connectivity index (χ2v) is 10.6. The highest BCUT2D eigenvalue weighted by Crippen LogP contribution is 2.33. The number of aromatic amines is 3. The zero-order chi connectivity index (χ0) is 30.3. The lowest BCUT2D eigenvalue weighted by Gasteiger charge is -2.05. The van der Waals surface area contributed by atoms with Crippen LogP contribution in [0.15, 0.2) is 41.1 Å². The SMILES string of the molecule is C=CC1=C(C)C2=Cc3[nH]c(c(CCC(=O)O)c3C)C=c3[nH]c(c(C)c3CCC(=O)O)=Cc3[nH]c(c(C)c3C=C)OC1=N2. The van der Waals surface area contributed by atoms with Crippen LogP contribution in [-0.4, -0.2) is 43.0 Å². The van der Waals surface area contributed by atoms with E-state index in [1.54, 1.807) is 12.2 Å². The van der Waals surface area contributed by atoms with E-state index in [0.717, 1.165) is 72.3 Å². The number of nitrogens with one attached hydrogen (secondary N) is 3. The number of allylic oxidation sites excluding steroid dienone is 1. The van der Waals surface area contributed by atoms with Crippen molar-refractivity contribution >= 4 is 42.1 Å². The number of aliphatic imine (C=N–C) groups is 1. The molecule has 5 heterocycles. The lowest BCUT2D eigenvalue weighted by Crippen LogP contribution is -2.14. The molecule has 42 heavy (non-hydrogen) atoms. The van der Waals surface area contributed by atoms with Gasteiger partial charge in [-0.1, -0.05) is 25.3 Å². The van der Waals surface area contributed by atoms with E-state index in [1.807, 2.05) is 45.9 Å². The summed E-state index contributed by atoms with van der Waals surface area (Å²) in [5.74, 6) is -0.813. The standard InChI is InChI=1S/C33H34N4O5/c1-7-20-19(6)32-37-27(20)14-25-18(5)23(10-12-31(40)41)29(35-25)15-28-22(9-11-30(38)39)17(4)24(34-28)13-26-16(3)21(8-2)33(36-26)42-32/h7-8,13-15,34-35,37H,1-2,9-12H2,3-6H3,(H,38,39)(H,40,41). The normalized spacial score (nSPS) is 14.0. The maximum absolute atomic E-state index is 11.5. The molecular weight excluding hydrogens is 532 g/mol. The van der Waals surface area contributed by atoms with E-state index in [2.05, 4.69) is 28.1 Å². The second-order valence-electron chi connectivity index (χ2n) is 10.6. The highest BCUT2D eigenvalue weighted by Gasteiger charge is 2.24.